The summed E-state index contributed by atoms with van der Waals surface area (Å²) < 4.78 is 0. The van der Waals surface area contributed by atoms with Gasteiger partial charge in [0, 0.05) is 11.3 Å². The van der Waals surface area contributed by atoms with Crippen molar-refractivity contribution >= 4 is 11.8 Å². The minimum Gasteiger partial charge on any atom is -0.330 e. The maximum Gasteiger partial charge on any atom is 0.319 e. The van der Waals surface area contributed by atoms with Crippen LogP contribution in [-0.2, 0) is 0 Å². The Kier molecular flexibility index (Phi) is 3.98. The zero-order chi connectivity index (χ0) is 16.4. The van der Waals surface area contributed by atoms with Crippen LogP contribution in [0.1, 0.15) is 27.5 Å². The van der Waals surface area contributed by atoms with E-state index < -0.39 is 12.0 Å². The number of ketones is 1. The molecular weight excluding hydrogens is 288 g/mol. The van der Waals surface area contributed by atoms with E-state index in [4.69, 9.17) is 0 Å². The highest BCUT2D eigenvalue weighted by atomic mass is 16.2. The van der Waals surface area contributed by atoms with E-state index in [0.717, 1.165) is 11.1 Å². The van der Waals surface area contributed by atoms with Crippen molar-refractivity contribution in [2.75, 3.05) is 0 Å². The highest BCUT2D eigenvalue weighted by Gasteiger charge is 2.38. The van der Waals surface area contributed by atoms with Gasteiger partial charge >= 0.3 is 6.03 Å². The average molecular weight is 306 g/mol. The third-order valence-corrected chi connectivity index (χ3v) is 4.13. The zero-order valence-electron chi connectivity index (χ0n) is 12.9. The first-order valence-electron chi connectivity index (χ1n) is 7.49. The first-order valence-corrected chi connectivity index (χ1v) is 7.49. The van der Waals surface area contributed by atoms with Crippen molar-refractivity contribution in [2.45, 2.75) is 13.0 Å². The molecule has 23 heavy (non-hydrogen) atoms. The fourth-order valence-electron chi connectivity index (χ4n) is 2.97. The minimum absolute atomic E-state index is 0.0589. The van der Waals surface area contributed by atoms with E-state index in [2.05, 4.69) is 17.2 Å². The molecule has 1 aliphatic rings. The summed E-state index contributed by atoms with van der Waals surface area (Å²) in [5.41, 5.74) is 2.99. The first kappa shape index (κ1) is 15.0. The van der Waals surface area contributed by atoms with Crippen molar-refractivity contribution in [1.29, 1.82) is 0 Å². The van der Waals surface area contributed by atoms with Gasteiger partial charge in [-0.15, -0.1) is 0 Å². The Balaban J connectivity index is 2.04. The van der Waals surface area contributed by atoms with Crippen LogP contribution >= 0.6 is 0 Å². The van der Waals surface area contributed by atoms with E-state index >= 15 is 0 Å². The standard InChI is InChI=1S/C19H18N2O2/c1-12-8-6-7-11-15(12)17-16(13(2)20-19(23)21-17)18(22)14-9-4-3-5-10-14/h3-11,16-17H,2H2,1H3,(H2,20,21,23)/t16-,17+/m1/s1. The van der Waals surface area contributed by atoms with E-state index in [1.165, 1.54) is 0 Å². The summed E-state index contributed by atoms with van der Waals surface area (Å²) in [6.07, 6.45) is 0. The summed E-state index contributed by atoms with van der Waals surface area (Å²) >= 11 is 0. The second kappa shape index (κ2) is 6.08. The predicted molar refractivity (Wildman–Crippen MR) is 89.0 cm³/mol. The molecule has 1 saturated heterocycles. The number of benzene rings is 2. The molecule has 0 spiro atoms. The molecule has 1 aliphatic heterocycles. The number of Topliss-reactive ketones (excluding diaryl/α,β-unsaturated/α-hetero) is 1. The number of aryl methyl sites for hydroxylation is 1. The van der Waals surface area contributed by atoms with Gasteiger partial charge in [0.05, 0.1) is 12.0 Å². The molecule has 2 amide bonds. The van der Waals surface area contributed by atoms with Crippen molar-refractivity contribution in [3.8, 4) is 0 Å². The lowest BCUT2D eigenvalue weighted by Gasteiger charge is -2.34. The largest absolute Gasteiger partial charge is 0.330 e. The Morgan fingerprint density at radius 2 is 1.70 bits per heavy atom. The maximum absolute atomic E-state index is 13.0. The molecule has 0 aliphatic carbocycles. The van der Waals surface area contributed by atoms with Crippen LogP contribution in [-0.4, -0.2) is 11.8 Å². The fraction of sp³-hybridized carbons (Fsp3) is 0.158. The molecule has 2 N–H and O–H groups in total. The molecule has 0 unspecified atom stereocenters. The van der Waals surface area contributed by atoms with Crippen LogP contribution < -0.4 is 10.6 Å². The summed E-state index contributed by atoms with van der Waals surface area (Å²) in [6, 6.07) is 16.1. The van der Waals surface area contributed by atoms with Crippen LogP contribution in [0.5, 0.6) is 0 Å². The number of nitrogens with one attached hydrogen (secondary N) is 2. The molecular formula is C19H18N2O2. The van der Waals surface area contributed by atoms with Crippen molar-refractivity contribution in [1.82, 2.24) is 10.6 Å². The molecule has 0 radical (unpaired) electrons. The zero-order valence-corrected chi connectivity index (χ0v) is 12.9. The number of carbonyl (C=O) groups excluding carboxylic acids is 2. The third-order valence-electron chi connectivity index (χ3n) is 4.13. The van der Waals surface area contributed by atoms with Gasteiger partial charge in [0.25, 0.3) is 0 Å². The number of hydrogen-bond acceptors (Lipinski definition) is 2. The van der Waals surface area contributed by atoms with Gasteiger partial charge in [-0.3, -0.25) is 4.79 Å². The molecule has 0 bridgehead atoms. The Labute approximate surface area is 135 Å². The molecule has 4 heteroatoms. The Morgan fingerprint density at radius 1 is 1.04 bits per heavy atom. The predicted octanol–water partition coefficient (Wildman–Crippen LogP) is 3.36. The van der Waals surface area contributed by atoms with Gasteiger partial charge in [-0.05, 0) is 18.1 Å². The molecule has 3 rings (SSSR count). The van der Waals surface area contributed by atoms with E-state index in [-0.39, 0.29) is 11.8 Å². The fourth-order valence-corrected chi connectivity index (χ4v) is 2.97. The Morgan fingerprint density at radius 3 is 2.39 bits per heavy atom. The number of carbonyl (C=O) groups is 2. The second-order valence-corrected chi connectivity index (χ2v) is 5.67. The lowest BCUT2D eigenvalue weighted by atomic mass is 9.82. The smallest absolute Gasteiger partial charge is 0.319 e. The van der Waals surface area contributed by atoms with Gasteiger partial charge in [0.2, 0.25) is 0 Å². The van der Waals surface area contributed by atoms with E-state index in [9.17, 15) is 9.59 Å². The van der Waals surface area contributed by atoms with Gasteiger partial charge in [0.1, 0.15) is 0 Å². The van der Waals surface area contributed by atoms with Gasteiger partial charge < -0.3 is 10.6 Å². The SMILES string of the molecule is C=C1NC(=O)N[C@@H](c2ccccc2C)[C@@H]1C(=O)c1ccccc1. The molecule has 2 aromatic carbocycles. The van der Waals surface area contributed by atoms with Crippen LogP contribution in [0, 0.1) is 12.8 Å². The molecule has 0 saturated carbocycles. The van der Waals surface area contributed by atoms with Gasteiger partial charge in [-0.2, -0.15) is 0 Å². The van der Waals surface area contributed by atoms with Gasteiger partial charge in [-0.25, -0.2) is 4.79 Å². The van der Waals surface area contributed by atoms with Crippen LogP contribution in [0.2, 0.25) is 0 Å². The number of amides is 2. The highest BCUT2D eigenvalue weighted by Crippen LogP contribution is 2.33. The Bertz CT molecular complexity index is 768. The highest BCUT2D eigenvalue weighted by molar-refractivity contribution is 6.01. The topological polar surface area (TPSA) is 58.2 Å². The molecule has 2 aromatic rings. The summed E-state index contributed by atoms with van der Waals surface area (Å²) in [7, 11) is 0. The first-order chi connectivity index (χ1) is 11.1. The molecule has 4 nitrogen and oxygen atoms in total. The summed E-state index contributed by atoms with van der Waals surface area (Å²) in [4.78, 5) is 24.8. The number of urea groups is 1. The van der Waals surface area contributed by atoms with Crippen molar-refractivity contribution in [3.05, 3.63) is 83.6 Å². The summed E-state index contributed by atoms with van der Waals surface area (Å²) in [5, 5.41) is 5.51. The maximum atomic E-state index is 13.0. The van der Waals surface area contributed by atoms with Crippen molar-refractivity contribution < 1.29 is 9.59 Å². The van der Waals surface area contributed by atoms with E-state index in [0.29, 0.717) is 11.3 Å². The molecule has 1 heterocycles. The van der Waals surface area contributed by atoms with Crippen LogP contribution in [0.15, 0.2) is 66.9 Å². The average Bonchev–Trinajstić information content (AvgIpc) is 2.55. The molecule has 2 atom stereocenters. The van der Waals surface area contributed by atoms with Crippen molar-refractivity contribution in [3.63, 3.8) is 0 Å². The second-order valence-electron chi connectivity index (χ2n) is 5.67. The quantitative estimate of drug-likeness (QED) is 0.854. The molecule has 116 valence electrons. The monoisotopic (exact) mass is 306 g/mol. The number of rotatable bonds is 3. The van der Waals surface area contributed by atoms with E-state index in [1.54, 1.807) is 12.1 Å². The molecule has 0 aromatic heterocycles. The van der Waals surface area contributed by atoms with Gasteiger partial charge in [0.15, 0.2) is 5.78 Å². The van der Waals surface area contributed by atoms with Crippen LogP contribution in [0.4, 0.5) is 4.79 Å². The lowest BCUT2D eigenvalue weighted by molar-refractivity contribution is 0.0905. The molecule has 1 fully saturated rings. The summed E-state index contributed by atoms with van der Waals surface area (Å²) in [6.45, 7) is 5.87. The van der Waals surface area contributed by atoms with Crippen LogP contribution in [0.25, 0.3) is 0 Å². The van der Waals surface area contributed by atoms with Crippen molar-refractivity contribution in [2.24, 2.45) is 5.92 Å². The Hall–Kier alpha value is -2.88. The number of hydrogen-bond donors (Lipinski definition) is 2. The normalized spacial score (nSPS) is 20.6. The third kappa shape index (κ3) is 2.88. The van der Waals surface area contributed by atoms with Gasteiger partial charge in [-0.1, -0.05) is 61.2 Å². The minimum atomic E-state index is -0.545. The van der Waals surface area contributed by atoms with E-state index in [1.807, 2.05) is 49.4 Å². The lowest BCUT2D eigenvalue weighted by Crippen LogP contribution is -2.50. The summed E-state index contributed by atoms with van der Waals surface area (Å²) in [5.74, 6) is -0.604. The van der Waals surface area contributed by atoms with Crippen LogP contribution in [0.3, 0.4) is 0 Å².